The van der Waals surface area contributed by atoms with E-state index in [1.54, 1.807) is 12.1 Å². The highest BCUT2D eigenvalue weighted by atomic mass is 19.1. The van der Waals surface area contributed by atoms with Crippen molar-refractivity contribution < 1.29 is 9.18 Å². The monoisotopic (exact) mass is 275 g/mol. The summed E-state index contributed by atoms with van der Waals surface area (Å²) in [7, 11) is 0. The molecule has 1 aliphatic heterocycles. The van der Waals surface area contributed by atoms with E-state index in [9.17, 15) is 9.18 Å². The molecule has 2 N–H and O–H groups in total. The fourth-order valence-corrected chi connectivity index (χ4v) is 2.07. The molecule has 0 unspecified atom stereocenters. The van der Waals surface area contributed by atoms with Crippen molar-refractivity contribution in [3.8, 4) is 5.69 Å². The molecule has 2 aromatic rings. The van der Waals surface area contributed by atoms with Gasteiger partial charge in [0.25, 0.3) is 0 Å². The van der Waals surface area contributed by atoms with Gasteiger partial charge in [-0.25, -0.2) is 14.1 Å². The maximum Gasteiger partial charge on any atom is 0.224 e. The molecule has 1 aromatic carbocycles. The number of nitrogens with zero attached hydrogens (tertiary/aromatic N) is 3. The summed E-state index contributed by atoms with van der Waals surface area (Å²) in [4.78, 5) is 15.5. The number of halogens is 1. The lowest BCUT2D eigenvalue weighted by molar-refractivity contribution is -0.117. The normalized spacial score (nSPS) is 14.8. The lowest BCUT2D eigenvalue weighted by atomic mass is 9.99. The van der Waals surface area contributed by atoms with E-state index < -0.39 is 5.82 Å². The van der Waals surface area contributed by atoms with Crippen molar-refractivity contribution in [2.45, 2.75) is 6.42 Å². The van der Waals surface area contributed by atoms with E-state index in [-0.39, 0.29) is 5.91 Å². The fraction of sp³-hybridized carbons (Fsp3) is 0.308. The second-order valence-corrected chi connectivity index (χ2v) is 4.78. The molecule has 0 saturated carbocycles. The van der Waals surface area contributed by atoms with E-state index in [4.69, 9.17) is 0 Å². The molecule has 0 atom stereocenters. The minimum atomic E-state index is -0.460. The maximum absolute atomic E-state index is 14.0. The molecule has 104 valence electrons. The van der Waals surface area contributed by atoms with Gasteiger partial charge in [-0.15, -0.1) is 0 Å². The molecule has 20 heavy (non-hydrogen) atoms. The van der Waals surface area contributed by atoms with Crippen LogP contribution in [0, 0.1) is 11.7 Å². The van der Waals surface area contributed by atoms with Crippen LogP contribution in [0.3, 0.4) is 0 Å². The predicted octanol–water partition coefficient (Wildman–Crippen LogP) is 0.954. The first-order valence-corrected chi connectivity index (χ1v) is 6.37. The minimum absolute atomic E-state index is 0.0931. The lowest BCUT2D eigenvalue weighted by Crippen LogP contribution is -2.43. The summed E-state index contributed by atoms with van der Waals surface area (Å²) in [5.74, 6) is -0.169. The number of amides is 1. The van der Waals surface area contributed by atoms with Gasteiger partial charge in [-0.3, -0.25) is 4.79 Å². The fourth-order valence-electron chi connectivity index (χ4n) is 2.07. The number of rotatable bonds is 4. The van der Waals surface area contributed by atoms with Crippen molar-refractivity contribution in [1.29, 1.82) is 0 Å². The molecule has 0 bridgehead atoms. The molecule has 2 heterocycles. The third kappa shape index (κ3) is 2.67. The second-order valence-electron chi connectivity index (χ2n) is 4.78. The molecule has 0 aliphatic carbocycles. The average Bonchev–Trinajstić information content (AvgIpc) is 2.88. The van der Waals surface area contributed by atoms with Gasteiger partial charge in [0.05, 0.1) is 0 Å². The number of nitrogens with one attached hydrogen (secondary N) is 2. The van der Waals surface area contributed by atoms with Crippen molar-refractivity contribution in [1.82, 2.24) is 20.1 Å². The molecule has 0 radical (unpaired) electrons. The smallest absolute Gasteiger partial charge is 0.224 e. The standard InChI is InChI=1S/C13H14FN5O/c14-11-4-10(18-13(20)3-9-5-15-6-9)1-2-12(11)19-8-16-7-17-19/h1-2,4,7-9,15H,3,5-6H2,(H,18,20). The number of hydrogen-bond acceptors (Lipinski definition) is 4. The Bertz CT molecular complexity index is 609. The summed E-state index contributed by atoms with van der Waals surface area (Å²) in [6, 6.07) is 4.50. The van der Waals surface area contributed by atoms with E-state index in [0.717, 1.165) is 13.1 Å². The highest BCUT2D eigenvalue weighted by molar-refractivity contribution is 5.91. The van der Waals surface area contributed by atoms with Crippen LogP contribution in [0.5, 0.6) is 0 Å². The maximum atomic E-state index is 14.0. The van der Waals surface area contributed by atoms with Gasteiger partial charge in [0.15, 0.2) is 5.82 Å². The second kappa shape index (κ2) is 5.38. The highest BCUT2D eigenvalue weighted by Crippen LogP contribution is 2.18. The molecule has 0 spiro atoms. The molecule has 6 nitrogen and oxygen atoms in total. The van der Waals surface area contributed by atoms with Crippen LogP contribution in [-0.2, 0) is 4.79 Å². The predicted molar refractivity (Wildman–Crippen MR) is 70.9 cm³/mol. The molecular formula is C13H14FN5O. The van der Waals surface area contributed by atoms with Crippen LogP contribution in [0.2, 0.25) is 0 Å². The van der Waals surface area contributed by atoms with E-state index in [2.05, 4.69) is 20.7 Å². The van der Waals surface area contributed by atoms with Gasteiger partial charge in [0, 0.05) is 12.1 Å². The zero-order valence-corrected chi connectivity index (χ0v) is 10.7. The van der Waals surface area contributed by atoms with Gasteiger partial charge in [0.2, 0.25) is 5.91 Å². The van der Waals surface area contributed by atoms with Crippen LogP contribution >= 0.6 is 0 Å². The van der Waals surface area contributed by atoms with E-state index in [0.29, 0.717) is 23.7 Å². The zero-order valence-electron chi connectivity index (χ0n) is 10.7. The van der Waals surface area contributed by atoms with Crippen molar-refractivity contribution >= 4 is 11.6 Å². The van der Waals surface area contributed by atoms with E-state index >= 15 is 0 Å². The molecule has 1 amide bonds. The number of anilines is 1. The van der Waals surface area contributed by atoms with E-state index in [1.807, 2.05) is 0 Å². The molecular weight excluding hydrogens is 261 g/mol. The number of benzene rings is 1. The van der Waals surface area contributed by atoms with Gasteiger partial charge >= 0.3 is 0 Å². The van der Waals surface area contributed by atoms with Crippen LogP contribution in [0.15, 0.2) is 30.9 Å². The summed E-state index contributed by atoms with van der Waals surface area (Å²) in [6.07, 6.45) is 3.21. The largest absolute Gasteiger partial charge is 0.326 e. The summed E-state index contributed by atoms with van der Waals surface area (Å²) < 4.78 is 15.3. The van der Waals surface area contributed by atoms with Crippen molar-refractivity contribution in [3.05, 3.63) is 36.7 Å². The first-order chi connectivity index (χ1) is 9.72. The topological polar surface area (TPSA) is 71.8 Å². The van der Waals surface area contributed by atoms with Gasteiger partial charge in [-0.1, -0.05) is 0 Å². The summed E-state index contributed by atoms with van der Waals surface area (Å²) >= 11 is 0. The Morgan fingerprint density at radius 3 is 2.95 bits per heavy atom. The van der Waals surface area contributed by atoms with Crippen molar-refractivity contribution in [2.75, 3.05) is 18.4 Å². The SMILES string of the molecule is O=C(CC1CNC1)Nc1ccc(-n2cncn2)c(F)c1. The third-order valence-electron chi connectivity index (χ3n) is 3.24. The molecule has 3 rings (SSSR count). The lowest BCUT2D eigenvalue weighted by Gasteiger charge is -2.26. The first kappa shape index (κ1) is 12.7. The number of aromatic nitrogens is 3. The number of carbonyl (C=O) groups is 1. The zero-order chi connectivity index (χ0) is 13.9. The first-order valence-electron chi connectivity index (χ1n) is 6.37. The Morgan fingerprint density at radius 2 is 2.35 bits per heavy atom. The van der Waals surface area contributed by atoms with Crippen LogP contribution in [-0.4, -0.2) is 33.8 Å². The van der Waals surface area contributed by atoms with Gasteiger partial charge in [0.1, 0.15) is 18.3 Å². The number of carbonyl (C=O) groups excluding carboxylic acids is 1. The van der Waals surface area contributed by atoms with Gasteiger partial charge in [-0.2, -0.15) is 5.10 Å². The minimum Gasteiger partial charge on any atom is -0.326 e. The van der Waals surface area contributed by atoms with E-state index in [1.165, 1.54) is 23.4 Å². The van der Waals surface area contributed by atoms with Crippen LogP contribution in [0.1, 0.15) is 6.42 Å². The van der Waals surface area contributed by atoms with Gasteiger partial charge in [-0.05, 0) is 37.2 Å². The number of hydrogen-bond donors (Lipinski definition) is 2. The molecule has 1 fully saturated rings. The van der Waals surface area contributed by atoms with Crippen LogP contribution < -0.4 is 10.6 Å². The molecule has 1 aromatic heterocycles. The quantitative estimate of drug-likeness (QED) is 0.871. The summed E-state index contributed by atoms with van der Waals surface area (Å²) in [5.41, 5.74) is 0.743. The Balaban J connectivity index is 1.68. The molecule has 1 aliphatic rings. The van der Waals surface area contributed by atoms with Crippen LogP contribution in [0.4, 0.5) is 10.1 Å². The Kier molecular flexibility index (Phi) is 3.42. The molecule has 1 saturated heterocycles. The van der Waals surface area contributed by atoms with Gasteiger partial charge < -0.3 is 10.6 Å². The van der Waals surface area contributed by atoms with Crippen molar-refractivity contribution in [3.63, 3.8) is 0 Å². The Morgan fingerprint density at radius 1 is 1.50 bits per heavy atom. The Hall–Kier alpha value is -2.28. The summed E-state index contributed by atoms with van der Waals surface area (Å²) in [6.45, 7) is 1.74. The Labute approximate surface area is 115 Å². The molecule has 7 heteroatoms. The van der Waals surface area contributed by atoms with Crippen molar-refractivity contribution in [2.24, 2.45) is 5.92 Å². The third-order valence-corrected chi connectivity index (χ3v) is 3.24. The average molecular weight is 275 g/mol. The highest BCUT2D eigenvalue weighted by Gasteiger charge is 2.20. The summed E-state index contributed by atoms with van der Waals surface area (Å²) in [5, 5.41) is 9.68. The van der Waals surface area contributed by atoms with Crippen LogP contribution in [0.25, 0.3) is 5.69 Å².